The summed E-state index contributed by atoms with van der Waals surface area (Å²) in [5, 5.41) is 4.30. The van der Waals surface area contributed by atoms with Crippen LogP contribution in [0.1, 0.15) is 37.3 Å². The number of fused-ring (bicyclic) bond motifs is 2. The Bertz CT molecular complexity index is 1740. The van der Waals surface area contributed by atoms with Crippen molar-refractivity contribution < 1.29 is 4.39 Å². The van der Waals surface area contributed by atoms with Gasteiger partial charge in [-0.3, -0.25) is 4.90 Å². The molecule has 1 aliphatic heterocycles. The number of aromatic nitrogens is 5. The number of likely N-dealkylation sites (N-methyl/N-ethyl adjacent to an activating group) is 1. The van der Waals surface area contributed by atoms with Gasteiger partial charge in [-0.1, -0.05) is 12.1 Å². The molecular formula is C32H38FN9. The van der Waals surface area contributed by atoms with E-state index in [4.69, 9.17) is 10.7 Å². The molecule has 7 rings (SSSR count). The molecule has 0 unspecified atom stereocenters. The molecule has 9 nitrogen and oxygen atoms in total. The molecule has 0 atom stereocenters. The predicted molar refractivity (Wildman–Crippen MR) is 166 cm³/mol. The van der Waals surface area contributed by atoms with E-state index in [1.807, 2.05) is 23.7 Å². The van der Waals surface area contributed by atoms with E-state index in [-0.39, 0.29) is 5.82 Å². The topological polar surface area (TPSA) is 93.1 Å². The molecule has 3 aromatic heterocycles. The molecule has 4 heterocycles. The summed E-state index contributed by atoms with van der Waals surface area (Å²) in [5.74, 6) is 0.931. The zero-order valence-corrected chi connectivity index (χ0v) is 24.5. The van der Waals surface area contributed by atoms with Gasteiger partial charge < -0.3 is 25.1 Å². The van der Waals surface area contributed by atoms with Gasteiger partial charge in [0.15, 0.2) is 0 Å². The molecule has 0 radical (unpaired) electrons. The lowest BCUT2D eigenvalue weighted by molar-refractivity contribution is 0.0828. The van der Waals surface area contributed by atoms with Gasteiger partial charge >= 0.3 is 0 Å². The number of nitrogens with zero attached hydrogens (tertiary/aromatic N) is 7. The summed E-state index contributed by atoms with van der Waals surface area (Å²) in [6.45, 7) is 6.42. The zero-order valence-electron chi connectivity index (χ0n) is 24.5. The highest BCUT2D eigenvalue weighted by atomic mass is 19.1. The first kappa shape index (κ1) is 26.9. The Kier molecular flexibility index (Phi) is 6.82. The van der Waals surface area contributed by atoms with Crippen LogP contribution >= 0.6 is 0 Å². The number of anilines is 3. The summed E-state index contributed by atoms with van der Waals surface area (Å²) in [6.07, 6.45) is 8.48. The molecule has 5 aromatic rings. The average Bonchev–Trinajstić information content (AvgIpc) is 3.53. The quantitative estimate of drug-likeness (QED) is 0.290. The summed E-state index contributed by atoms with van der Waals surface area (Å²) < 4.78 is 18.4. The number of nitrogens with two attached hydrogens (primary N) is 1. The zero-order chi connectivity index (χ0) is 29.0. The first-order valence-electron chi connectivity index (χ1n) is 14.9. The molecule has 2 aliphatic rings. The maximum Gasteiger partial charge on any atom is 0.208 e. The number of piperazine rings is 1. The molecule has 218 valence electrons. The van der Waals surface area contributed by atoms with E-state index in [1.165, 1.54) is 32.0 Å². The van der Waals surface area contributed by atoms with Gasteiger partial charge in [-0.15, -0.1) is 0 Å². The minimum Gasteiger partial charge on any atom is -0.383 e. The maximum absolute atomic E-state index is 14.2. The van der Waals surface area contributed by atoms with E-state index < -0.39 is 0 Å². The molecule has 1 saturated heterocycles. The van der Waals surface area contributed by atoms with Crippen LogP contribution < -0.4 is 11.1 Å². The van der Waals surface area contributed by atoms with E-state index in [0.29, 0.717) is 29.4 Å². The first-order chi connectivity index (χ1) is 20.4. The van der Waals surface area contributed by atoms with E-state index in [2.05, 4.69) is 55.0 Å². The minimum atomic E-state index is -0.230. The van der Waals surface area contributed by atoms with Crippen LogP contribution in [0, 0.1) is 12.7 Å². The van der Waals surface area contributed by atoms with Gasteiger partial charge in [0, 0.05) is 68.8 Å². The van der Waals surface area contributed by atoms with E-state index in [1.54, 1.807) is 19.3 Å². The Balaban J connectivity index is 1.13. The van der Waals surface area contributed by atoms with Gasteiger partial charge in [0.1, 0.15) is 23.6 Å². The summed E-state index contributed by atoms with van der Waals surface area (Å²) in [6, 6.07) is 12.6. The second-order valence-corrected chi connectivity index (χ2v) is 12.0. The summed E-state index contributed by atoms with van der Waals surface area (Å²) in [5.41, 5.74) is 12.4. The van der Waals surface area contributed by atoms with Crippen molar-refractivity contribution in [2.45, 2.75) is 44.7 Å². The lowest BCUT2D eigenvalue weighted by Crippen LogP contribution is -2.49. The number of nitrogens with one attached hydrogen (secondary N) is 1. The Labute approximate surface area is 245 Å². The second kappa shape index (κ2) is 10.7. The van der Waals surface area contributed by atoms with E-state index >= 15 is 0 Å². The van der Waals surface area contributed by atoms with Crippen LogP contribution in [-0.4, -0.2) is 73.2 Å². The molecule has 1 aliphatic carbocycles. The van der Waals surface area contributed by atoms with Crippen molar-refractivity contribution in [1.29, 1.82) is 0 Å². The summed E-state index contributed by atoms with van der Waals surface area (Å²) >= 11 is 0. The number of halogens is 1. The van der Waals surface area contributed by atoms with Crippen molar-refractivity contribution in [3.8, 4) is 11.1 Å². The van der Waals surface area contributed by atoms with Crippen LogP contribution in [0.2, 0.25) is 0 Å². The number of hydrogen-bond acceptors (Lipinski definition) is 7. The molecule has 0 amide bonds. The van der Waals surface area contributed by atoms with E-state index in [9.17, 15) is 4.39 Å². The Hall–Kier alpha value is -4.02. The highest BCUT2D eigenvalue weighted by Crippen LogP contribution is 2.39. The van der Waals surface area contributed by atoms with Crippen LogP contribution in [0.5, 0.6) is 0 Å². The van der Waals surface area contributed by atoms with Crippen molar-refractivity contribution in [3.05, 3.63) is 60.3 Å². The minimum absolute atomic E-state index is 0.230. The van der Waals surface area contributed by atoms with Crippen molar-refractivity contribution in [3.63, 3.8) is 0 Å². The number of nitrogen functional groups attached to an aromatic ring is 1. The summed E-state index contributed by atoms with van der Waals surface area (Å²) in [7, 11) is 4.10. The maximum atomic E-state index is 14.2. The molecule has 3 N–H and O–H groups in total. The van der Waals surface area contributed by atoms with Gasteiger partial charge in [-0.25, -0.2) is 19.3 Å². The number of imidazole rings is 1. The fraction of sp³-hybridized carbons (Fsp3) is 0.406. The van der Waals surface area contributed by atoms with Crippen LogP contribution in [0.3, 0.4) is 0 Å². The fourth-order valence-electron chi connectivity index (χ4n) is 6.79. The highest BCUT2D eigenvalue weighted by Gasteiger charge is 2.30. The van der Waals surface area contributed by atoms with Crippen molar-refractivity contribution in [1.82, 2.24) is 33.9 Å². The smallest absolute Gasteiger partial charge is 0.208 e. The average molecular weight is 568 g/mol. The van der Waals surface area contributed by atoms with Crippen LogP contribution in [0.15, 0.2) is 48.9 Å². The lowest BCUT2D eigenvalue weighted by atomic mass is 9.89. The third-order valence-electron chi connectivity index (χ3n) is 9.37. The molecule has 0 spiro atoms. The Morgan fingerprint density at radius 2 is 1.64 bits per heavy atom. The number of hydrogen-bond donors (Lipinski definition) is 2. The second-order valence-electron chi connectivity index (χ2n) is 12.0. The SMILES string of the molecule is Cc1cc2nc(Nc3ccc(-c4cn([C@H]5CC[C@@H](N6CCN(C)CC6)CC5)c5ncnc(N)c45)cc3)n(C)c2cc1F. The third-order valence-corrected chi connectivity index (χ3v) is 9.37. The Morgan fingerprint density at radius 1 is 0.929 bits per heavy atom. The molecular weight excluding hydrogens is 529 g/mol. The highest BCUT2D eigenvalue weighted by molar-refractivity contribution is 6.00. The van der Waals surface area contributed by atoms with E-state index in [0.717, 1.165) is 64.8 Å². The van der Waals surface area contributed by atoms with Crippen LogP contribution in [-0.2, 0) is 7.05 Å². The van der Waals surface area contributed by atoms with Gasteiger partial charge in [-0.05, 0) is 69.0 Å². The number of benzene rings is 2. The van der Waals surface area contributed by atoms with Crippen molar-refractivity contribution in [2.75, 3.05) is 44.3 Å². The number of rotatable bonds is 5. The fourth-order valence-corrected chi connectivity index (χ4v) is 6.79. The predicted octanol–water partition coefficient (Wildman–Crippen LogP) is 5.49. The molecule has 2 fully saturated rings. The largest absolute Gasteiger partial charge is 0.383 e. The summed E-state index contributed by atoms with van der Waals surface area (Å²) in [4.78, 5) is 18.8. The van der Waals surface area contributed by atoms with Gasteiger partial charge in [0.2, 0.25) is 5.95 Å². The van der Waals surface area contributed by atoms with Crippen LogP contribution in [0.25, 0.3) is 33.2 Å². The molecule has 10 heteroatoms. The monoisotopic (exact) mass is 567 g/mol. The van der Waals surface area contributed by atoms with Gasteiger partial charge in [-0.2, -0.15) is 0 Å². The molecule has 0 bridgehead atoms. The normalized spacial score (nSPS) is 20.5. The Morgan fingerprint density at radius 3 is 2.38 bits per heavy atom. The molecule has 1 saturated carbocycles. The van der Waals surface area contributed by atoms with Crippen molar-refractivity contribution in [2.24, 2.45) is 7.05 Å². The first-order valence-corrected chi connectivity index (χ1v) is 14.9. The van der Waals surface area contributed by atoms with Gasteiger partial charge in [0.05, 0.1) is 16.4 Å². The van der Waals surface area contributed by atoms with Gasteiger partial charge in [0.25, 0.3) is 0 Å². The third kappa shape index (κ3) is 4.78. The number of aryl methyl sites for hydroxylation is 2. The lowest BCUT2D eigenvalue weighted by Gasteiger charge is -2.41. The molecule has 42 heavy (non-hydrogen) atoms. The van der Waals surface area contributed by atoms with Crippen LogP contribution in [0.4, 0.5) is 21.8 Å². The van der Waals surface area contributed by atoms with Crippen molar-refractivity contribution >= 4 is 39.5 Å². The standard InChI is InChI=1S/C32H38FN9/c1-20-16-27-28(17-26(20)33)40(3)32(38-27)37-22-6-4-21(5-7-22)25-18-42(31-29(25)30(34)35-19-36-31)24-10-8-23(9-11-24)41-14-12-39(2)13-15-41/h4-7,16-19,23-24H,8-15H2,1-3H3,(H,37,38)(H2,34,35,36)/t23-,24+. The molecule has 2 aromatic carbocycles.